The maximum absolute atomic E-state index is 5.97. The number of nitrogens with zero attached hydrogens (tertiary/aromatic N) is 1. The highest BCUT2D eigenvalue weighted by molar-refractivity contribution is 5.53. The van der Waals surface area contributed by atoms with Gasteiger partial charge < -0.3 is 18.9 Å². The van der Waals surface area contributed by atoms with Gasteiger partial charge in [0.25, 0.3) is 0 Å². The Labute approximate surface area is 155 Å². The molecule has 1 atom stereocenters. The van der Waals surface area contributed by atoms with Crippen molar-refractivity contribution in [3.63, 3.8) is 0 Å². The Morgan fingerprint density at radius 2 is 1.65 bits per heavy atom. The first-order valence-corrected chi connectivity index (χ1v) is 8.90. The Hall–Kier alpha value is -2.24. The zero-order valence-corrected chi connectivity index (χ0v) is 15.7. The maximum Gasteiger partial charge on any atom is 0.203 e. The average Bonchev–Trinajstić information content (AvgIpc) is 2.68. The van der Waals surface area contributed by atoms with Crippen LogP contribution in [-0.4, -0.2) is 52.0 Å². The summed E-state index contributed by atoms with van der Waals surface area (Å²) in [4.78, 5) is 2.41. The van der Waals surface area contributed by atoms with E-state index in [1.165, 1.54) is 5.56 Å². The first-order valence-electron chi connectivity index (χ1n) is 8.90. The summed E-state index contributed by atoms with van der Waals surface area (Å²) in [5, 5.41) is 0. The topological polar surface area (TPSA) is 40.2 Å². The molecule has 1 heterocycles. The summed E-state index contributed by atoms with van der Waals surface area (Å²) < 4.78 is 22.3. The smallest absolute Gasteiger partial charge is 0.203 e. The molecule has 0 unspecified atom stereocenters. The fourth-order valence-corrected chi connectivity index (χ4v) is 3.41. The molecule has 0 amide bonds. The first kappa shape index (κ1) is 18.5. The molecule has 140 valence electrons. The Kier molecular flexibility index (Phi) is 6.36. The highest BCUT2D eigenvalue weighted by atomic mass is 16.5. The van der Waals surface area contributed by atoms with Gasteiger partial charge in [0.2, 0.25) is 5.75 Å². The molecule has 1 saturated heterocycles. The van der Waals surface area contributed by atoms with Gasteiger partial charge in [-0.05, 0) is 29.7 Å². The van der Waals surface area contributed by atoms with Crippen molar-refractivity contribution in [1.29, 1.82) is 0 Å². The summed E-state index contributed by atoms with van der Waals surface area (Å²) in [6.07, 6.45) is 1.15. The largest absolute Gasteiger partial charge is 0.493 e. The zero-order valence-electron chi connectivity index (χ0n) is 15.7. The maximum atomic E-state index is 5.97. The molecular weight excluding hydrogens is 330 g/mol. The number of hydrogen-bond acceptors (Lipinski definition) is 5. The molecule has 0 radical (unpaired) electrons. The van der Waals surface area contributed by atoms with Crippen LogP contribution in [0.2, 0.25) is 0 Å². The monoisotopic (exact) mass is 357 g/mol. The van der Waals surface area contributed by atoms with Crippen LogP contribution in [0.5, 0.6) is 17.2 Å². The van der Waals surface area contributed by atoms with E-state index in [-0.39, 0.29) is 6.10 Å². The van der Waals surface area contributed by atoms with Crippen LogP contribution in [-0.2, 0) is 17.7 Å². The summed E-state index contributed by atoms with van der Waals surface area (Å²) >= 11 is 0. The van der Waals surface area contributed by atoms with Gasteiger partial charge in [0, 0.05) is 19.6 Å². The highest BCUT2D eigenvalue weighted by Crippen LogP contribution is 2.38. The first-order chi connectivity index (χ1) is 12.7. The van der Waals surface area contributed by atoms with Gasteiger partial charge in [-0.3, -0.25) is 4.90 Å². The molecule has 0 bridgehead atoms. The molecular formula is C21H27NO4. The third-order valence-electron chi connectivity index (χ3n) is 4.66. The summed E-state index contributed by atoms with van der Waals surface area (Å²) in [6.45, 7) is 3.40. The van der Waals surface area contributed by atoms with E-state index in [4.69, 9.17) is 18.9 Å². The molecule has 1 fully saturated rings. The van der Waals surface area contributed by atoms with Gasteiger partial charge in [0.15, 0.2) is 11.5 Å². The van der Waals surface area contributed by atoms with Crippen molar-refractivity contribution >= 4 is 0 Å². The molecule has 1 aliphatic rings. The Balaban J connectivity index is 1.68. The lowest BCUT2D eigenvalue weighted by atomic mass is 10.1. The Bertz CT molecular complexity index is 679. The SMILES string of the molecule is COc1cc(CN2CCO[C@H](Cc3ccccc3)C2)cc(OC)c1OC. The van der Waals surface area contributed by atoms with Gasteiger partial charge in [-0.25, -0.2) is 0 Å². The van der Waals surface area contributed by atoms with E-state index in [2.05, 4.69) is 29.2 Å². The molecule has 0 aromatic heterocycles. The van der Waals surface area contributed by atoms with E-state index in [1.54, 1.807) is 21.3 Å². The second kappa shape index (κ2) is 8.92. The van der Waals surface area contributed by atoms with Gasteiger partial charge in [0.05, 0.1) is 34.0 Å². The second-order valence-electron chi connectivity index (χ2n) is 6.45. The number of rotatable bonds is 7. The second-order valence-corrected chi connectivity index (χ2v) is 6.45. The molecule has 0 spiro atoms. The van der Waals surface area contributed by atoms with Gasteiger partial charge >= 0.3 is 0 Å². The Morgan fingerprint density at radius 1 is 0.962 bits per heavy atom. The minimum Gasteiger partial charge on any atom is -0.493 e. The fraction of sp³-hybridized carbons (Fsp3) is 0.429. The van der Waals surface area contributed by atoms with Crippen LogP contribution in [0.15, 0.2) is 42.5 Å². The van der Waals surface area contributed by atoms with Crippen LogP contribution in [0.3, 0.4) is 0 Å². The van der Waals surface area contributed by atoms with Crippen molar-refractivity contribution in [2.24, 2.45) is 0 Å². The van der Waals surface area contributed by atoms with Crippen molar-refractivity contribution in [3.8, 4) is 17.2 Å². The van der Waals surface area contributed by atoms with Crippen molar-refractivity contribution < 1.29 is 18.9 Å². The standard InChI is InChI=1S/C21H27NO4/c1-23-19-12-17(13-20(24-2)21(19)25-3)14-22-9-10-26-18(15-22)11-16-7-5-4-6-8-16/h4-8,12-13,18H,9-11,14-15H2,1-3H3/t18-/m1/s1. The average molecular weight is 357 g/mol. The zero-order chi connectivity index (χ0) is 18.4. The minimum atomic E-state index is 0.216. The van der Waals surface area contributed by atoms with Crippen molar-refractivity contribution in [1.82, 2.24) is 4.90 Å². The number of morpholine rings is 1. The van der Waals surface area contributed by atoms with Crippen molar-refractivity contribution in [3.05, 3.63) is 53.6 Å². The van der Waals surface area contributed by atoms with Crippen LogP contribution in [0.4, 0.5) is 0 Å². The number of benzene rings is 2. The predicted octanol–water partition coefficient (Wildman–Crippen LogP) is 3.16. The van der Waals surface area contributed by atoms with Gasteiger partial charge in [-0.15, -0.1) is 0 Å². The summed E-state index contributed by atoms with van der Waals surface area (Å²) in [5.41, 5.74) is 2.45. The molecule has 1 aliphatic heterocycles. The van der Waals surface area contributed by atoms with E-state index in [9.17, 15) is 0 Å². The van der Waals surface area contributed by atoms with Crippen LogP contribution >= 0.6 is 0 Å². The molecule has 0 aliphatic carbocycles. The number of methoxy groups -OCH3 is 3. The molecule has 3 rings (SSSR count). The summed E-state index contributed by atoms with van der Waals surface area (Å²) in [7, 11) is 4.91. The summed E-state index contributed by atoms with van der Waals surface area (Å²) in [5.74, 6) is 2.01. The van der Waals surface area contributed by atoms with Gasteiger partial charge in [0.1, 0.15) is 0 Å². The van der Waals surface area contributed by atoms with E-state index in [1.807, 2.05) is 18.2 Å². The van der Waals surface area contributed by atoms with Gasteiger partial charge in [-0.2, -0.15) is 0 Å². The number of hydrogen-bond donors (Lipinski definition) is 0. The third kappa shape index (κ3) is 4.48. The molecule has 0 N–H and O–H groups in total. The van der Waals surface area contributed by atoms with E-state index >= 15 is 0 Å². The highest BCUT2D eigenvalue weighted by Gasteiger charge is 2.22. The van der Waals surface area contributed by atoms with Gasteiger partial charge in [-0.1, -0.05) is 30.3 Å². The lowest BCUT2D eigenvalue weighted by Crippen LogP contribution is -2.42. The van der Waals surface area contributed by atoms with Crippen LogP contribution in [0.1, 0.15) is 11.1 Å². The lowest BCUT2D eigenvalue weighted by Gasteiger charge is -2.33. The molecule has 5 heteroatoms. The molecule has 0 saturated carbocycles. The minimum absolute atomic E-state index is 0.216. The van der Waals surface area contributed by atoms with Crippen molar-refractivity contribution in [2.75, 3.05) is 41.0 Å². The molecule has 26 heavy (non-hydrogen) atoms. The van der Waals surface area contributed by atoms with Crippen molar-refractivity contribution in [2.45, 2.75) is 19.1 Å². The number of ether oxygens (including phenoxy) is 4. The van der Waals surface area contributed by atoms with E-state index < -0.39 is 0 Å². The van der Waals surface area contributed by atoms with Crippen LogP contribution < -0.4 is 14.2 Å². The molecule has 2 aromatic rings. The predicted molar refractivity (Wildman–Crippen MR) is 101 cm³/mol. The Morgan fingerprint density at radius 3 is 2.27 bits per heavy atom. The van der Waals surface area contributed by atoms with Crippen LogP contribution in [0.25, 0.3) is 0 Å². The third-order valence-corrected chi connectivity index (χ3v) is 4.66. The molecule has 2 aromatic carbocycles. The molecule has 5 nitrogen and oxygen atoms in total. The normalized spacial score (nSPS) is 17.7. The van der Waals surface area contributed by atoms with E-state index in [0.717, 1.165) is 38.2 Å². The van der Waals surface area contributed by atoms with Crippen LogP contribution in [0, 0.1) is 0 Å². The fourth-order valence-electron chi connectivity index (χ4n) is 3.41. The quantitative estimate of drug-likeness (QED) is 0.761. The van der Waals surface area contributed by atoms with E-state index in [0.29, 0.717) is 17.2 Å². The lowest BCUT2D eigenvalue weighted by molar-refractivity contribution is -0.0305. The summed E-state index contributed by atoms with van der Waals surface area (Å²) in [6, 6.07) is 14.5.